The van der Waals surface area contributed by atoms with Crippen molar-refractivity contribution in [1.82, 2.24) is 9.97 Å². The number of hydrogen-bond acceptors (Lipinski definition) is 6. The number of aromatic nitrogens is 2. The smallest absolute Gasteiger partial charge is 0.185 e. The lowest BCUT2D eigenvalue weighted by Gasteiger charge is -2.34. The summed E-state index contributed by atoms with van der Waals surface area (Å²) in [6.45, 7) is 0. The molecule has 7 heteroatoms. The molecule has 0 saturated carbocycles. The van der Waals surface area contributed by atoms with Crippen LogP contribution in [0.5, 0.6) is 0 Å². The third kappa shape index (κ3) is 5.37. The number of fused-ring (bicyclic) bond motifs is 12. The van der Waals surface area contributed by atoms with E-state index in [9.17, 15) is 0 Å². The van der Waals surface area contributed by atoms with E-state index in [2.05, 4.69) is 164 Å². The molecule has 0 amide bonds. The maximum Gasteiger partial charge on any atom is 0.185 e. The lowest BCUT2D eigenvalue weighted by molar-refractivity contribution is 0.666. The van der Waals surface area contributed by atoms with Crippen LogP contribution < -0.4 is 20.7 Å². The molecule has 65 heavy (non-hydrogen) atoms. The second-order valence-corrected chi connectivity index (χ2v) is 21.6. The molecule has 0 saturated heterocycles. The Morgan fingerprint density at radius 1 is 0.354 bits per heavy atom. The molecule has 0 N–H and O–H groups in total. The van der Waals surface area contributed by atoms with Crippen molar-refractivity contribution >= 4 is 126 Å². The topological polar surface area (TPSA) is 65.2 Å². The number of pyridine rings is 2. The SMILES string of the molecule is c1ccc([Si](c2ccccc2)(c2cccc3c2oc2ccc(-c4cc5c(cn4)oc4ccccc45)cc23)c2cccc3c2sc2ccc(-c4cc5c(cn4)oc4ccccc45)cc23)cc1. The highest BCUT2D eigenvalue weighted by Crippen LogP contribution is 2.39. The fourth-order valence-electron chi connectivity index (χ4n) is 10.4. The van der Waals surface area contributed by atoms with Crippen LogP contribution in [0.1, 0.15) is 0 Å². The van der Waals surface area contributed by atoms with E-state index in [1.165, 1.54) is 40.9 Å². The molecule has 0 unspecified atom stereocenters. The second-order valence-electron chi connectivity index (χ2n) is 16.8. The summed E-state index contributed by atoms with van der Waals surface area (Å²) in [6, 6.07) is 69.9. The molecule has 0 aliphatic rings. The van der Waals surface area contributed by atoms with Gasteiger partial charge >= 0.3 is 0 Å². The molecule has 304 valence electrons. The predicted molar refractivity (Wildman–Crippen MR) is 271 cm³/mol. The van der Waals surface area contributed by atoms with E-state index in [4.69, 9.17) is 23.2 Å². The van der Waals surface area contributed by atoms with Gasteiger partial charge in [-0.05, 0) is 75.3 Å². The molecule has 14 rings (SSSR count). The molecule has 0 atom stereocenters. The summed E-state index contributed by atoms with van der Waals surface area (Å²) in [6.07, 6.45) is 3.70. The zero-order valence-electron chi connectivity index (χ0n) is 34.7. The molecular weight excluding hydrogens is 833 g/mol. The summed E-state index contributed by atoms with van der Waals surface area (Å²) >= 11 is 1.88. The largest absolute Gasteiger partial charge is 0.456 e. The molecule has 6 heterocycles. The first-order valence-electron chi connectivity index (χ1n) is 21.8. The van der Waals surface area contributed by atoms with Crippen molar-refractivity contribution in [3.8, 4) is 22.5 Å². The van der Waals surface area contributed by atoms with E-state index < -0.39 is 8.07 Å². The summed E-state index contributed by atoms with van der Waals surface area (Å²) in [4.78, 5) is 9.79. The highest BCUT2D eigenvalue weighted by Gasteiger charge is 2.45. The van der Waals surface area contributed by atoms with Gasteiger partial charge in [-0.1, -0.05) is 140 Å². The van der Waals surface area contributed by atoms with Gasteiger partial charge in [0.1, 0.15) is 22.3 Å². The van der Waals surface area contributed by atoms with Crippen molar-refractivity contribution in [2.45, 2.75) is 0 Å². The number of nitrogens with zero attached hydrogens (tertiary/aromatic N) is 2. The Morgan fingerprint density at radius 3 is 1.51 bits per heavy atom. The van der Waals surface area contributed by atoms with Crippen LogP contribution in [-0.4, -0.2) is 18.0 Å². The van der Waals surface area contributed by atoms with E-state index in [0.29, 0.717) is 0 Å². The zero-order valence-corrected chi connectivity index (χ0v) is 36.5. The van der Waals surface area contributed by atoms with Crippen LogP contribution in [0, 0.1) is 0 Å². The number of benzene rings is 8. The van der Waals surface area contributed by atoms with Crippen molar-refractivity contribution in [3.63, 3.8) is 0 Å². The van der Waals surface area contributed by atoms with E-state index >= 15 is 0 Å². The number of rotatable bonds is 6. The Hall–Kier alpha value is -8.10. The number of para-hydroxylation sites is 3. The van der Waals surface area contributed by atoms with Gasteiger partial charge in [-0.25, -0.2) is 0 Å². The Bertz CT molecular complexity index is 3930. The summed E-state index contributed by atoms with van der Waals surface area (Å²) in [5.41, 5.74) is 8.97. The first-order chi connectivity index (χ1) is 32.2. The van der Waals surface area contributed by atoms with Gasteiger partial charge < -0.3 is 13.3 Å². The number of thiophene rings is 1. The van der Waals surface area contributed by atoms with Crippen molar-refractivity contribution < 1.29 is 13.3 Å². The minimum absolute atomic E-state index is 0.782. The molecule has 14 aromatic rings. The monoisotopic (exact) mass is 866 g/mol. The molecule has 0 spiro atoms. The van der Waals surface area contributed by atoms with E-state index in [1.807, 2.05) is 54.1 Å². The normalized spacial score (nSPS) is 12.3. The lowest BCUT2D eigenvalue weighted by atomic mass is 10.0. The van der Waals surface area contributed by atoms with Gasteiger partial charge in [0, 0.05) is 63.6 Å². The summed E-state index contributed by atoms with van der Waals surface area (Å²) in [7, 11) is -3.14. The minimum Gasteiger partial charge on any atom is -0.456 e. The van der Waals surface area contributed by atoms with Crippen molar-refractivity contribution in [3.05, 3.63) is 207 Å². The Morgan fingerprint density at radius 2 is 0.862 bits per heavy atom. The first kappa shape index (κ1) is 36.4. The van der Waals surface area contributed by atoms with Gasteiger partial charge in [0.25, 0.3) is 0 Å². The second kappa shape index (κ2) is 13.9. The van der Waals surface area contributed by atoms with Crippen LogP contribution >= 0.6 is 11.3 Å². The van der Waals surface area contributed by atoms with Crippen molar-refractivity contribution in [1.29, 1.82) is 0 Å². The molecule has 8 aromatic carbocycles. The lowest BCUT2D eigenvalue weighted by Crippen LogP contribution is -2.74. The van der Waals surface area contributed by atoms with Crippen LogP contribution in [0.25, 0.3) is 109 Å². The Kier molecular flexibility index (Phi) is 7.81. The fraction of sp³-hybridized carbons (Fsp3) is 0. The van der Waals surface area contributed by atoms with Crippen LogP contribution in [0.4, 0.5) is 0 Å². The molecule has 0 bridgehead atoms. The standard InChI is InChI=1S/C58H34N2O3SSi/c1-3-13-37(14-4-1)65(38-15-5-2-6-16-38,55-23-11-19-41-43-29-35(25-27-51(43)63-57(41)55)47-31-44-39-17-7-9-21-49(39)61-52(44)33-59-47)56-24-12-20-42-46-30-36(26-28-54(46)64-58(42)56)48-32-45-40-18-8-10-22-50(40)62-53(45)34-60-48/h1-34H. The maximum absolute atomic E-state index is 7.14. The molecule has 5 nitrogen and oxygen atoms in total. The zero-order chi connectivity index (χ0) is 42.6. The van der Waals surface area contributed by atoms with Crippen LogP contribution in [0.2, 0.25) is 0 Å². The molecular formula is C58H34N2O3SSi. The third-order valence-corrected chi connectivity index (χ3v) is 19.6. The maximum atomic E-state index is 7.14. The average Bonchev–Trinajstić information content (AvgIpc) is 4.15. The highest BCUT2D eigenvalue weighted by molar-refractivity contribution is 7.31. The molecule has 0 fully saturated rings. The van der Waals surface area contributed by atoms with Crippen LogP contribution in [0.15, 0.2) is 220 Å². The molecule has 0 aliphatic heterocycles. The number of hydrogen-bond donors (Lipinski definition) is 0. The van der Waals surface area contributed by atoms with Gasteiger partial charge in [-0.3, -0.25) is 9.97 Å². The van der Waals surface area contributed by atoms with E-state index in [0.717, 1.165) is 88.3 Å². The predicted octanol–water partition coefficient (Wildman–Crippen LogP) is 13.3. The van der Waals surface area contributed by atoms with Gasteiger partial charge in [0.05, 0.1) is 23.8 Å². The van der Waals surface area contributed by atoms with E-state index in [1.54, 1.807) is 0 Å². The minimum atomic E-state index is -3.14. The quantitative estimate of drug-likeness (QED) is 0.123. The third-order valence-electron chi connectivity index (χ3n) is 13.3. The Balaban J connectivity index is 0.993. The van der Waals surface area contributed by atoms with Gasteiger partial charge in [-0.2, -0.15) is 0 Å². The molecule has 6 aromatic heterocycles. The first-order valence-corrected chi connectivity index (χ1v) is 24.6. The average molecular weight is 867 g/mol. The summed E-state index contributed by atoms with van der Waals surface area (Å²) in [5.74, 6) is 0. The van der Waals surface area contributed by atoms with Gasteiger partial charge in [0.2, 0.25) is 0 Å². The fourth-order valence-corrected chi connectivity index (χ4v) is 17.1. The molecule has 0 radical (unpaired) electrons. The Labute approximate surface area is 376 Å². The van der Waals surface area contributed by atoms with Gasteiger partial charge in [0.15, 0.2) is 19.2 Å². The van der Waals surface area contributed by atoms with Crippen LogP contribution in [0.3, 0.4) is 0 Å². The van der Waals surface area contributed by atoms with E-state index in [-0.39, 0.29) is 0 Å². The molecule has 0 aliphatic carbocycles. The number of furan rings is 3. The van der Waals surface area contributed by atoms with Gasteiger partial charge in [-0.15, -0.1) is 11.3 Å². The highest BCUT2D eigenvalue weighted by atomic mass is 32.1. The summed E-state index contributed by atoms with van der Waals surface area (Å²) < 4.78 is 21.9. The van der Waals surface area contributed by atoms with Crippen LogP contribution in [-0.2, 0) is 0 Å². The van der Waals surface area contributed by atoms with Crippen molar-refractivity contribution in [2.24, 2.45) is 0 Å². The van der Waals surface area contributed by atoms with Crippen molar-refractivity contribution in [2.75, 3.05) is 0 Å². The summed E-state index contributed by atoms with van der Waals surface area (Å²) in [5, 5.41) is 14.0.